The summed E-state index contributed by atoms with van der Waals surface area (Å²) in [6.45, 7) is 1.60. The third-order valence-corrected chi connectivity index (χ3v) is 6.46. The molecular formula is C22H21N3O3S. The number of carbonyl (C=O) groups excluding carboxylic acids is 1. The molecule has 29 heavy (non-hydrogen) atoms. The van der Waals surface area contributed by atoms with Crippen molar-refractivity contribution in [2.24, 2.45) is 0 Å². The lowest BCUT2D eigenvalue weighted by molar-refractivity contribution is 0.262. The molecule has 0 aromatic heterocycles. The largest absolute Gasteiger partial charge is 0.323 e. The van der Waals surface area contributed by atoms with E-state index in [9.17, 15) is 13.2 Å². The highest BCUT2D eigenvalue weighted by Gasteiger charge is 2.18. The predicted molar refractivity (Wildman–Crippen MR) is 113 cm³/mol. The van der Waals surface area contributed by atoms with Crippen molar-refractivity contribution >= 4 is 27.2 Å². The van der Waals surface area contributed by atoms with E-state index in [1.54, 1.807) is 24.3 Å². The fourth-order valence-electron chi connectivity index (χ4n) is 3.30. The van der Waals surface area contributed by atoms with Gasteiger partial charge in [0.1, 0.15) is 0 Å². The standard InChI is InChI=1S/C22H21N3O3S/c26-22(24-19-4-2-1-3-5-19)25-20-8-10-21(11-9-20)29(27,28)15-16-6-7-17-13-23-14-18(17)12-16/h1-12,23H,13-15H2,(H2,24,25,26). The van der Waals surface area contributed by atoms with E-state index in [0.717, 1.165) is 24.2 Å². The maximum atomic E-state index is 12.8. The lowest BCUT2D eigenvalue weighted by Gasteiger charge is -2.09. The summed E-state index contributed by atoms with van der Waals surface area (Å²) in [6, 6.07) is 20.7. The maximum Gasteiger partial charge on any atom is 0.323 e. The van der Waals surface area contributed by atoms with Gasteiger partial charge in [0.25, 0.3) is 0 Å². The van der Waals surface area contributed by atoms with Crippen molar-refractivity contribution in [1.29, 1.82) is 0 Å². The Morgan fingerprint density at radius 1 is 0.828 bits per heavy atom. The number of nitrogens with one attached hydrogen (secondary N) is 3. The summed E-state index contributed by atoms with van der Waals surface area (Å²) in [4.78, 5) is 12.3. The molecule has 3 aromatic rings. The van der Waals surface area contributed by atoms with E-state index in [0.29, 0.717) is 11.4 Å². The predicted octanol–water partition coefficient (Wildman–Crippen LogP) is 3.91. The number of benzene rings is 3. The molecule has 0 fully saturated rings. The highest BCUT2D eigenvalue weighted by atomic mass is 32.2. The summed E-state index contributed by atoms with van der Waals surface area (Å²) >= 11 is 0. The van der Waals surface area contributed by atoms with Crippen molar-refractivity contribution in [3.63, 3.8) is 0 Å². The van der Waals surface area contributed by atoms with E-state index in [1.807, 2.05) is 36.4 Å². The Morgan fingerprint density at radius 3 is 2.21 bits per heavy atom. The van der Waals surface area contributed by atoms with Crippen LogP contribution in [0.4, 0.5) is 16.2 Å². The first-order valence-electron chi connectivity index (χ1n) is 9.27. The van der Waals surface area contributed by atoms with Gasteiger partial charge in [-0.1, -0.05) is 36.4 Å². The number of hydrogen-bond donors (Lipinski definition) is 3. The maximum absolute atomic E-state index is 12.8. The fourth-order valence-corrected chi connectivity index (χ4v) is 4.64. The lowest BCUT2D eigenvalue weighted by atomic mass is 10.1. The minimum atomic E-state index is -3.47. The monoisotopic (exact) mass is 407 g/mol. The van der Waals surface area contributed by atoms with Gasteiger partial charge in [-0.15, -0.1) is 0 Å². The summed E-state index contributed by atoms with van der Waals surface area (Å²) in [5.41, 5.74) is 4.34. The topological polar surface area (TPSA) is 87.3 Å². The van der Waals surface area contributed by atoms with E-state index in [1.165, 1.54) is 17.7 Å². The van der Waals surface area contributed by atoms with Crippen LogP contribution in [-0.4, -0.2) is 14.4 Å². The van der Waals surface area contributed by atoms with Gasteiger partial charge in [0.05, 0.1) is 10.6 Å². The van der Waals surface area contributed by atoms with Crippen LogP contribution >= 0.6 is 0 Å². The molecule has 0 bridgehead atoms. The summed E-state index contributed by atoms with van der Waals surface area (Å²) in [7, 11) is -3.47. The molecule has 1 heterocycles. The molecule has 0 saturated carbocycles. The van der Waals surface area contributed by atoms with E-state index in [4.69, 9.17) is 0 Å². The van der Waals surface area contributed by atoms with Crippen molar-refractivity contribution in [3.05, 3.63) is 89.5 Å². The van der Waals surface area contributed by atoms with Gasteiger partial charge in [0.2, 0.25) is 0 Å². The first kappa shape index (κ1) is 19.2. The van der Waals surface area contributed by atoms with Crippen LogP contribution in [0.1, 0.15) is 16.7 Å². The SMILES string of the molecule is O=C(Nc1ccccc1)Nc1ccc(S(=O)(=O)Cc2ccc3c(c2)CNC3)cc1. The number of urea groups is 1. The molecule has 2 amide bonds. The zero-order chi connectivity index (χ0) is 20.3. The number of hydrogen-bond acceptors (Lipinski definition) is 4. The van der Waals surface area contributed by atoms with Crippen molar-refractivity contribution in [2.75, 3.05) is 10.6 Å². The van der Waals surface area contributed by atoms with E-state index in [-0.39, 0.29) is 10.6 Å². The highest BCUT2D eigenvalue weighted by molar-refractivity contribution is 7.90. The summed E-state index contributed by atoms with van der Waals surface area (Å²) in [5, 5.41) is 8.67. The van der Waals surface area contributed by atoms with Crippen molar-refractivity contribution in [2.45, 2.75) is 23.7 Å². The van der Waals surface area contributed by atoms with Crippen LogP contribution in [-0.2, 0) is 28.7 Å². The molecule has 6 nitrogen and oxygen atoms in total. The molecule has 1 aliphatic heterocycles. The Hall–Kier alpha value is -3.16. The van der Waals surface area contributed by atoms with E-state index < -0.39 is 15.9 Å². The Morgan fingerprint density at radius 2 is 1.48 bits per heavy atom. The van der Waals surface area contributed by atoms with Crippen LogP contribution < -0.4 is 16.0 Å². The molecule has 3 N–H and O–H groups in total. The highest BCUT2D eigenvalue weighted by Crippen LogP contribution is 2.22. The molecule has 4 rings (SSSR count). The molecule has 7 heteroatoms. The van der Waals surface area contributed by atoms with Gasteiger partial charge in [-0.2, -0.15) is 0 Å². The lowest BCUT2D eigenvalue weighted by Crippen LogP contribution is -2.19. The normalized spacial score (nSPS) is 13.0. The summed E-state index contributed by atoms with van der Waals surface area (Å²) in [5.74, 6) is -0.0540. The van der Waals surface area contributed by atoms with Crippen LogP contribution in [0.15, 0.2) is 77.7 Å². The number of rotatable bonds is 5. The Labute approximate surface area is 169 Å². The number of amides is 2. The van der Waals surface area contributed by atoms with Crippen LogP contribution in [0.5, 0.6) is 0 Å². The first-order valence-corrected chi connectivity index (χ1v) is 10.9. The number of carbonyl (C=O) groups is 1. The summed E-state index contributed by atoms with van der Waals surface area (Å²) in [6.07, 6.45) is 0. The Balaban J connectivity index is 1.42. The second-order valence-electron chi connectivity index (χ2n) is 6.94. The third-order valence-electron chi connectivity index (χ3n) is 4.76. The van der Waals surface area contributed by atoms with Gasteiger partial charge in [0, 0.05) is 24.5 Å². The Bertz CT molecular complexity index is 1130. The van der Waals surface area contributed by atoms with Crippen LogP contribution in [0.2, 0.25) is 0 Å². The number of fused-ring (bicyclic) bond motifs is 1. The molecule has 1 aliphatic rings. The number of sulfone groups is 1. The second-order valence-corrected chi connectivity index (χ2v) is 8.92. The fraction of sp³-hybridized carbons (Fsp3) is 0.136. The van der Waals surface area contributed by atoms with Crippen LogP contribution in [0.3, 0.4) is 0 Å². The average Bonchev–Trinajstić information content (AvgIpc) is 3.16. The van der Waals surface area contributed by atoms with E-state index in [2.05, 4.69) is 16.0 Å². The second kappa shape index (κ2) is 8.06. The quantitative estimate of drug-likeness (QED) is 0.598. The first-order chi connectivity index (χ1) is 14.0. The molecular weight excluding hydrogens is 386 g/mol. The van der Waals surface area contributed by atoms with Gasteiger partial charge in [-0.05, 0) is 53.1 Å². The Kier molecular flexibility index (Phi) is 5.33. The number of anilines is 2. The molecule has 0 atom stereocenters. The summed E-state index contributed by atoms with van der Waals surface area (Å²) < 4.78 is 25.5. The minimum absolute atomic E-state index is 0.0540. The molecule has 3 aromatic carbocycles. The van der Waals surface area contributed by atoms with Crippen molar-refractivity contribution in [1.82, 2.24) is 5.32 Å². The smallest absolute Gasteiger partial charge is 0.309 e. The molecule has 0 spiro atoms. The minimum Gasteiger partial charge on any atom is -0.309 e. The van der Waals surface area contributed by atoms with Crippen molar-refractivity contribution < 1.29 is 13.2 Å². The van der Waals surface area contributed by atoms with Gasteiger partial charge in [-0.3, -0.25) is 0 Å². The van der Waals surface area contributed by atoms with Gasteiger partial charge < -0.3 is 16.0 Å². The van der Waals surface area contributed by atoms with E-state index >= 15 is 0 Å². The van der Waals surface area contributed by atoms with Crippen molar-refractivity contribution in [3.8, 4) is 0 Å². The average molecular weight is 407 g/mol. The molecule has 0 radical (unpaired) electrons. The van der Waals surface area contributed by atoms with Gasteiger partial charge >= 0.3 is 6.03 Å². The molecule has 148 valence electrons. The zero-order valence-corrected chi connectivity index (χ0v) is 16.5. The van der Waals surface area contributed by atoms with Crippen LogP contribution in [0, 0.1) is 0 Å². The number of para-hydroxylation sites is 1. The zero-order valence-electron chi connectivity index (χ0n) is 15.7. The molecule has 0 saturated heterocycles. The van der Waals surface area contributed by atoms with Gasteiger partial charge in [-0.25, -0.2) is 13.2 Å². The van der Waals surface area contributed by atoms with Crippen LogP contribution in [0.25, 0.3) is 0 Å². The molecule has 0 unspecified atom stereocenters. The third kappa shape index (κ3) is 4.64. The van der Waals surface area contributed by atoms with Gasteiger partial charge in [0.15, 0.2) is 9.84 Å². The molecule has 0 aliphatic carbocycles.